The molecule has 0 bridgehead atoms. The SMILES string of the molecule is CC(C)CC(=O)NC(CCC(=O)O)C(=O)N(CCNC(=O)CCl)CCNC(=O)CCl. The molecule has 4 N–H and O–H groups in total. The van der Waals surface area contributed by atoms with Gasteiger partial charge in [0.25, 0.3) is 0 Å². The van der Waals surface area contributed by atoms with Crippen molar-refractivity contribution in [2.24, 2.45) is 5.92 Å². The van der Waals surface area contributed by atoms with Crippen molar-refractivity contribution in [3.05, 3.63) is 0 Å². The molecule has 0 aromatic rings. The average Bonchev–Trinajstić information content (AvgIpc) is 2.68. The van der Waals surface area contributed by atoms with Gasteiger partial charge in [-0.05, 0) is 12.3 Å². The van der Waals surface area contributed by atoms with Crippen LogP contribution in [-0.4, -0.2) is 83.6 Å². The average molecular weight is 469 g/mol. The van der Waals surface area contributed by atoms with Crippen molar-refractivity contribution in [3.8, 4) is 0 Å². The lowest BCUT2D eigenvalue weighted by Crippen LogP contribution is -2.52. The summed E-state index contributed by atoms with van der Waals surface area (Å²) in [5, 5.41) is 16.6. The number of amides is 4. The molecule has 0 radical (unpaired) electrons. The minimum atomic E-state index is -1.10. The Kier molecular flexibility index (Phi) is 14.6. The van der Waals surface area contributed by atoms with E-state index in [4.69, 9.17) is 28.3 Å². The lowest BCUT2D eigenvalue weighted by molar-refractivity contribution is -0.140. The number of carboxylic acid groups (broad SMARTS) is 1. The van der Waals surface area contributed by atoms with Gasteiger partial charge < -0.3 is 26.0 Å². The number of nitrogens with zero attached hydrogens (tertiary/aromatic N) is 1. The summed E-state index contributed by atoms with van der Waals surface area (Å²) in [6.07, 6.45) is -0.205. The molecule has 0 saturated heterocycles. The molecule has 0 aliphatic heterocycles. The van der Waals surface area contributed by atoms with Crippen LogP contribution in [-0.2, 0) is 24.0 Å². The first-order valence-corrected chi connectivity index (χ1v) is 10.6. The van der Waals surface area contributed by atoms with E-state index in [0.717, 1.165) is 0 Å². The van der Waals surface area contributed by atoms with Gasteiger partial charge in [-0.3, -0.25) is 24.0 Å². The van der Waals surface area contributed by atoms with Crippen molar-refractivity contribution < 1.29 is 29.1 Å². The Labute approximate surface area is 186 Å². The Bertz CT molecular complexity index is 581. The Balaban J connectivity index is 5.23. The fourth-order valence-corrected chi connectivity index (χ4v) is 2.65. The van der Waals surface area contributed by atoms with Gasteiger partial charge in [0.2, 0.25) is 23.6 Å². The lowest BCUT2D eigenvalue weighted by atomic mass is 10.1. The number of hydrogen-bond donors (Lipinski definition) is 4. The smallest absolute Gasteiger partial charge is 0.303 e. The summed E-state index contributed by atoms with van der Waals surface area (Å²) in [6, 6.07) is -1.04. The molecule has 0 saturated carbocycles. The van der Waals surface area contributed by atoms with E-state index >= 15 is 0 Å². The van der Waals surface area contributed by atoms with E-state index in [1.54, 1.807) is 0 Å². The van der Waals surface area contributed by atoms with Gasteiger partial charge in [0.1, 0.15) is 17.8 Å². The van der Waals surface area contributed by atoms with Gasteiger partial charge in [0, 0.05) is 39.0 Å². The number of hydrogen-bond acceptors (Lipinski definition) is 5. The third-order valence-corrected chi connectivity index (χ3v) is 4.32. The van der Waals surface area contributed by atoms with Crippen LogP contribution in [0.2, 0.25) is 0 Å². The van der Waals surface area contributed by atoms with Gasteiger partial charge in [-0.1, -0.05) is 13.8 Å². The minimum absolute atomic E-state index is 0.0628. The number of carbonyl (C=O) groups is 5. The summed E-state index contributed by atoms with van der Waals surface area (Å²) in [5.41, 5.74) is 0. The quantitative estimate of drug-likeness (QED) is 0.247. The van der Waals surface area contributed by atoms with Crippen molar-refractivity contribution in [2.45, 2.75) is 39.2 Å². The van der Waals surface area contributed by atoms with Crippen LogP contribution < -0.4 is 16.0 Å². The third-order valence-electron chi connectivity index (χ3n) is 3.84. The Morgan fingerprint density at radius 2 is 1.40 bits per heavy atom. The molecule has 0 rings (SSSR count). The highest BCUT2D eigenvalue weighted by Gasteiger charge is 2.26. The summed E-state index contributed by atoms with van der Waals surface area (Å²) < 4.78 is 0. The number of nitrogens with one attached hydrogen (secondary N) is 3. The van der Waals surface area contributed by atoms with Crippen LogP contribution in [0.25, 0.3) is 0 Å². The van der Waals surface area contributed by atoms with E-state index in [0.29, 0.717) is 0 Å². The van der Waals surface area contributed by atoms with E-state index in [2.05, 4.69) is 16.0 Å². The van der Waals surface area contributed by atoms with Crippen molar-refractivity contribution in [1.29, 1.82) is 0 Å². The molecule has 0 aliphatic carbocycles. The first-order chi connectivity index (χ1) is 14.1. The molecule has 30 heavy (non-hydrogen) atoms. The highest BCUT2D eigenvalue weighted by Crippen LogP contribution is 2.06. The van der Waals surface area contributed by atoms with E-state index < -0.39 is 29.7 Å². The molecule has 1 unspecified atom stereocenters. The fraction of sp³-hybridized carbons (Fsp3) is 0.722. The molecule has 4 amide bonds. The predicted octanol–water partition coefficient (Wildman–Crippen LogP) is -0.0793. The zero-order chi connectivity index (χ0) is 23.1. The highest BCUT2D eigenvalue weighted by atomic mass is 35.5. The van der Waals surface area contributed by atoms with Crippen molar-refractivity contribution in [3.63, 3.8) is 0 Å². The predicted molar refractivity (Wildman–Crippen MR) is 112 cm³/mol. The third kappa shape index (κ3) is 13.2. The maximum Gasteiger partial charge on any atom is 0.303 e. The molecular formula is C18H30Cl2N4O6. The number of rotatable bonds is 15. The van der Waals surface area contributed by atoms with Gasteiger partial charge in [-0.15, -0.1) is 23.2 Å². The standard InChI is InChI=1S/C18H30Cl2N4O6/c1-12(2)9-14(25)23-13(3-4-17(28)29)18(30)24(7-5-21-15(26)10-19)8-6-22-16(27)11-20/h12-13H,3-11H2,1-2H3,(H,21,26)(H,22,27)(H,23,25)(H,28,29). The molecule has 1 atom stereocenters. The number of carbonyl (C=O) groups excluding carboxylic acids is 4. The number of aliphatic carboxylic acids is 1. The maximum absolute atomic E-state index is 13.0. The Hall–Kier alpha value is -2.07. The second kappa shape index (κ2) is 15.7. The van der Waals surface area contributed by atoms with Gasteiger partial charge in [0.15, 0.2) is 0 Å². The van der Waals surface area contributed by atoms with Gasteiger partial charge in [0.05, 0.1) is 0 Å². The van der Waals surface area contributed by atoms with Crippen molar-refractivity contribution in [2.75, 3.05) is 37.9 Å². The van der Waals surface area contributed by atoms with Crippen molar-refractivity contribution in [1.82, 2.24) is 20.9 Å². The second-order valence-corrected chi connectivity index (χ2v) is 7.48. The zero-order valence-corrected chi connectivity index (χ0v) is 18.7. The molecule has 0 heterocycles. The molecule has 0 aliphatic rings. The van der Waals surface area contributed by atoms with Crippen LogP contribution in [0.15, 0.2) is 0 Å². The van der Waals surface area contributed by atoms with Crippen LogP contribution in [0.5, 0.6) is 0 Å². The monoisotopic (exact) mass is 468 g/mol. The summed E-state index contributed by atoms with van der Waals surface area (Å²) >= 11 is 10.9. The Morgan fingerprint density at radius 3 is 1.80 bits per heavy atom. The van der Waals surface area contributed by atoms with Crippen LogP contribution >= 0.6 is 23.2 Å². The highest BCUT2D eigenvalue weighted by molar-refractivity contribution is 6.27. The first kappa shape index (κ1) is 27.9. The van der Waals surface area contributed by atoms with E-state index in [1.807, 2.05) is 13.8 Å². The normalized spacial score (nSPS) is 11.5. The van der Waals surface area contributed by atoms with Crippen LogP contribution in [0.3, 0.4) is 0 Å². The Morgan fingerprint density at radius 1 is 0.900 bits per heavy atom. The molecule has 0 aromatic carbocycles. The minimum Gasteiger partial charge on any atom is -0.481 e. The fourth-order valence-electron chi connectivity index (χ4n) is 2.46. The van der Waals surface area contributed by atoms with Gasteiger partial charge in [-0.25, -0.2) is 0 Å². The topological polar surface area (TPSA) is 145 Å². The largest absolute Gasteiger partial charge is 0.481 e. The summed E-state index contributed by atoms with van der Waals surface area (Å²) in [7, 11) is 0. The van der Waals surface area contributed by atoms with Gasteiger partial charge in [-0.2, -0.15) is 0 Å². The summed E-state index contributed by atoms with van der Waals surface area (Å²) in [5.74, 6) is -3.18. The molecule has 0 aromatic heterocycles. The van der Waals surface area contributed by atoms with Crippen LogP contribution in [0.4, 0.5) is 0 Å². The summed E-state index contributed by atoms with van der Waals surface area (Å²) in [4.78, 5) is 60.1. The lowest BCUT2D eigenvalue weighted by Gasteiger charge is -2.28. The number of alkyl halides is 2. The molecule has 12 heteroatoms. The molecule has 172 valence electrons. The summed E-state index contributed by atoms with van der Waals surface area (Å²) in [6.45, 7) is 4.07. The van der Waals surface area contributed by atoms with Crippen molar-refractivity contribution >= 4 is 52.8 Å². The molecular weight excluding hydrogens is 439 g/mol. The zero-order valence-electron chi connectivity index (χ0n) is 17.2. The molecule has 0 spiro atoms. The number of carboxylic acids is 1. The second-order valence-electron chi connectivity index (χ2n) is 6.94. The number of halogens is 2. The van der Waals surface area contributed by atoms with Gasteiger partial charge >= 0.3 is 5.97 Å². The van der Waals surface area contributed by atoms with E-state index in [1.165, 1.54) is 4.90 Å². The molecule has 0 fully saturated rings. The maximum atomic E-state index is 13.0. The van der Waals surface area contributed by atoms with Crippen LogP contribution in [0.1, 0.15) is 33.1 Å². The first-order valence-electron chi connectivity index (χ1n) is 9.55. The van der Waals surface area contributed by atoms with Crippen LogP contribution in [0, 0.1) is 5.92 Å². The van der Waals surface area contributed by atoms with E-state index in [9.17, 15) is 24.0 Å². The van der Waals surface area contributed by atoms with E-state index in [-0.39, 0.29) is 69.0 Å². The molecule has 10 nitrogen and oxygen atoms in total.